The molecule has 0 fully saturated rings. The number of aromatic amines is 1. The van der Waals surface area contributed by atoms with E-state index in [1.54, 1.807) is 11.8 Å². The molecule has 1 aromatic carbocycles. The van der Waals surface area contributed by atoms with Gasteiger partial charge in [-0.2, -0.15) is 5.10 Å². The van der Waals surface area contributed by atoms with E-state index in [2.05, 4.69) is 32.6 Å². The zero-order valence-corrected chi connectivity index (χ0v) is 13.6. The Kier molecular flexibility index (Phi) is 4.47. The molecule has 2 heterocycles. The Balaban J connectivity index is 1.77. The van der Waals surface area contributed by atoms with Crippen LogP contribution in [0.4, 0.5) is 0 Å². The van der Waals surface area contributed by atoms with Gasteiger partial charge in [0, 0.05) is 0 Å². The van der Waals surface area contributed by atoms with Crippen molar-refractivity contribution in [1.29, 1.82) is 0 Å². The van der Waals surface area contributed by atoms with E-state index >= 15 is 0 Å². The predicted octanol–water partition coefficient (Wildman–Crippen LogP) is 2.71. The fourth-order valence-corrected chi connectivity index (χ4v) is 3.93. The first kappa shape index (κ1) is 15.1. The fourth-order valence-electron chi connectivity index (χ4n) is 2.72. The Morgan fingerprint density at radius 1 is 1.50 bits per heavy atom. The summed E-state index contributed by atoms with van der Waals surface area (Å²) >= 11 is 1.71. The maximum Gasteiger partial charge on any atom is 0.238 e. The quantitative estimate of drug-likeness (QED) is 0.910. The number of carbonyl (C=O) groups is 1. The Labute approximate surface area is 134 Å². The largest absolute Gasteiger partial charge is 0.345 e. The van der Waals surface area contributed by atoms with Crippen LogP contribution in [0.3, 0.4) is 0 Å². The second kappa shape index (κ2) is 6.52. The van der Waals surface area contributed by atoms with E-state index in [0.717, 1.165) is 30.0 Å². The highest BCUT2D eigenvalue weighted by Gasteiger charge is 2.29. The highest BCUT2D eigenvalue weighted by atomic mass is 32.2. The van der Waals surface area contributed by atoms with Gasteiger partial charge in [-0.15, -0.1) is 11.8 Å². The number of nitrogens with one attached hydrogen (secondary N) is 2. The minimum atomic E-state index is -0.146. The maximum atomic E-state index is 12.7. The summed E-state index contributed by atoms with van der Waals surface area (Å²) in [5.74, 6) is 2.44. The van der Waals surface area contributed by atoms with Gasteiger partial charge >= 0.3 is 0 Å². The van der Waals surface area contributed by atoms with Crippen molar-refractivity contribution in [3.63, 3.8) is 0 Å². The number of nitrogens with zero attached hydrogens (tertiary/aromatic N) is 2. The number of H-pyrrole nitrogens is 1. The van der Waals surface area contributed by atoms with E-state index in [4.69, 9.17) is 0 Å². The van der Waals surface area contributed by atoms with Crippen LogP contribution < -0.4 is 5.32 Å². The Morgan fingerprint density at radius 2 is 2.32 bits per heavy atom. The molecule has 2 aromatic rings. The van der Waals surface area contributed by atoms with Crippen molar-refractivity contribution < 1.29 is 4.79 Å². The number of aryl methyl sites for hydroxylation is 2. The van der Waals surface area contributed by atoms with Crippen LogP contribution in [-0.2, 0) is 11.2 Å². The highest BCUT2D eigenvalue weighted by Crippen LogP contribution is 2.37. The first-order valence-corrected chi connectivity index (χ1v) is 8.62. The van der Waals surface area contributed by atoms with Gasteiger partial charge in [-0.3, -0.25) is 9.89 Å². The number of aromatic nitrogens is 3. The molecule has 0 spiro atoms. The lowest BCUT2D eigenvalue weighted by molar-refractivity contribution is -0.121. The lowest BCUT2D eigenvalue weighted by Crippen LogP contribution is -2.33. The average molecular weight is 316 g/mol. The van der Waals surface area contributed by atoms with Crippen molar-refractivity contribution in [2.75, 3.05) is 5.75 Å². The molecule has 6 heteroatoms. The highest BCUT2D eigenvalue weighted by molar-refractivity contribution is 8.00. The molecule has 2 N–H and O–H groups in total. The van der Waals surface area contributed by atoms with E-state index in [0.29, 0.717) is 5.82 Å². The molecule has 0 radical (unpaired) electrons. The number of fused-ring (bicyclic) bond motifs is 1. The smallest absolute Gasteiger partial charge is 0.238 e. The lowest BCUT2D eigenvalue weighted by Gasteiger charge is -2.25. The standard InChI is InChI=1S/C16H20N4OS/c1-3-13(15-17-10(2)19-20-15)18-16(21)14-12-7-5-4-6-11(12)8-9-22-14/h4-7,13-14H,3,8-9H2,1-2H3,(H,18,21)(H,17,19,20)/t13-,14+/m1/s1. The van der Waals surface area contributed by atoms with Gasteiger partial charge in [0.05, 0.1) is 6.04 Å². The minimum absolute atomic E-state index is 0.0476. The summed E-state index contributed by atoms with van der Waals surface area (Å²) in [4.78, 5) is 17.0. The Morgan fingerprint density at radius 3 is 3.05 bits per heavy atom. The van der Waals surface area contributed by atoms with Crippen LogP contribution in [0.5, 0.6) is 0 Å². The molecule has 2 atom stereocenters. The minimum Gasteiger partial charge on any atom is -0.345 e. The van der Waals surface area contributed by atoms with Gasteiger partial charge in [0.1, 0.15) is 11.1 Å². The number of amides is 1. The van der Waals surface area contributed by atoms with Gasteiger partial charge in [-0.25, -0.2) is 4.98 Å². The van der Waals surface area contributed by atoms with Crippen LogP contribution in [0, 0.1) is 6.92 Å². The number of carbonyl (C=O) groups excluding carboxylic acids is 1. The molecule has 3 rings (SSSR count). The number of hydrogen-bond acceptors (Lipinski definition) is 4. The summed E-state index contributed by atoms with van der Waals surface area (Å²) in [7, 11) is 0. The van der Waals surface area contributed by atoms with Gasteiger partial charge < -0.3 is 5.32 Å². The van der Waals surface area contributed by atoms with Crippen molar-refractivity contribution in [3.8, 4) is 0 Å². The van der Waals surface area contributed by atoms with E-state index in [9.17, 15) is 4.79 Å². The van der Waals surface area contributed by atoms with E-state index in [-0.39, 0.29) is 17.2 Å². The molecule has 0 saturated heterocycles. The Bertz CT molecular complexity index is 670. The summed E-state index contributed by atoms with van der Waals surface area (Å²) in [6.45, 7) is 3.89. The predicted molar refractivity (Wildman–Crippen MR) is 87.6 cm³/mol. The third kappa shape index (κ3) is 3.02. The van der Waals surface area contributed by atoms with Crippen LogP contribution in [0.2, 0.25) is 0 Å². The van der Waals surface area contributed by atoms with Crippen LogP contribution in [0.15, 0.2) is 24.3 Å². The van der Waals surface area contributed by atoms with Gasteiger partial charge in [-0.05, 0) is 36.6 Å². The van der Waals surface area contributed by atoms with E-state index in [1.807, 2.05) is 26.0 Å². The SMILES string of the molecule is CC[C@@H](NC(=O)[C@H]1SCCc2ccccc21)c1n[nH]c(C)n1. The van der Waals surface area contributed by atoms with Crippen molar-refractivity contribution >= 4 is 17.7 Å². The number of hydrogen-bond donors (Lipinski definition) is 2. The maximum absolute atomic E-state index is 12.7. The molecular weight excluding hydrogens is 296 g/mol. The second-order valence-electron chi connectivity index (χ2n) is 5.45. The van der Waals surface area contributed by atoms with Gasteiger partial charge in [0.2, 0.25) is 5.91 Å². The summed E-state index contributed by atoms with van der Waals surface area (Å²) in [5, 5.41) is 9.97. The van der Waals surface area contributed by atoms with Gasteiger partial charge in [0.15, 0.2) is 5.82 Å². The van der Waals surface area contributed by atoms with Crippen LogP contribution in [0.25, 0.3) is 0 Å². The molecule has 0 aliphatic carbocycles. The topological polar surface area (TPSA) is 70.7 Å². The summed E-state index contributed by atoms with van der Waals surface area (Å²) in [6.07, 6.45) is 1.80. The summed E-state index contributed by atoms with van der Waals surface area (Å²) in [5.41, 5.74) is 2.42. The monoisotopic (exact) mass is 316 g/mol. The molecule has 1 amide bonds. The van der Waals surface area contributed by atoms with Crippen LogP contribution in [0.1, 0.15) is 47.4 Å². The fraction of sp³-hybridized carbons (Fsp3) is 0.438. The summed E-state index contributed by atoms with van der Waals surface area (Å²) in [6, 6.07) is 8.07. The van der Waals surface area contributed by atoms with E-state index in [1.165, 1.54) is 5.56 Å². The first-order chi connectivity index (χ1) is 10.7. The second-order valence-corrected chi connectivity index (χ2v) is 6.66. The van der Waals surface area contributed by atoms with Crippen molar-refractivity contribution in [2.45, 2.75) is 38.0 Å². The summed E-state index contributed by atoms with van der Waals surface area (Å²) < 4.78 is 0. The van der Waals surface area contributed by atoms with E-state index < -0.39 is 0 Å². The molecule has 1 aromatic heterocycles. The van der Waals surface area contributed by atoms with Crippen molar-refractivity contribution in [1.82, 2.24) is 20.5 Å². The number of thioether (sulfide) groups is 1. The first-order valence-electron chi connectivity index (χ1n) is 7.57. The van der Waals surface area contributed by atoms with Gasteiger partial charge in [-0.1, -0.05) is 31.2 Å². The molecule has 1 aliphatic heterocycles. The Hall–Kier alpha value is -1.82. The molecule has 116 valence electrons. The lowest BCUT2D eigenvalue weighted by atomic mass is 10.0. The number of rotatable bonds is 4. The molecule has 0 saturated carbocycles. The third-order valence-corrected chi connectivity index (χ3v) is 5.12. The zero-order chi connectivity index (χ0) is 15.5. The number of benzene rings is 1. The molecule has 1 aliphatic rings. The van der Waals surface area contributed by atoms with Gasteiger partial charge in [0.25, 0.3) is 0 Å². The zero-order valence-electron chi connectivity index (χ0n) is 12.8. The van der Waals surface area contributed by atoms with Crippen molar-refractivity contribution in [2.24, 2.45) is 0 Å². The molecule has 0 bridgehead atoms. The molecular formula is C16H20N4OS. The van der Waals surface area contributed by atoms with Crippen LogP contribution in [-0.4, -0.2) is 26.8 Å². The normalized spacial score (nSPS) is 18.5. The molecule has 0 unspecified atom stereocenters. The van der Waals surface area contributed by atoms with Crippen molar-refractivity contribution in [3.05, 3.63) is 47.0 Å². The third-order valence-electron chi connectivity index (χ3n) is 3.88. The average Bonchev–Trinajstić information content (AvgIpc) is 2.98. The van der Waals surface area contributed by atoms with Crippen LogP contribution >= 0.6 is 11.8 Å². The molecule has 5 nitrogen and oxygen atoms in total. The molecule has 22 heavy (non-hydrogen) atoms.